The summed E-state index contributed by atoms with van der Waals surface area (Å²) in [4.78, 5) is 20.1. The topological polar surface area (TPSA) is 66.8 Å². The van der Waals surface area contributed by atoms with Crippen molar-refractivity contribution in [3.63, 3.8) is 0 Å². The van der Waals surface area contributed by atoms with Crippen molar-refractivity contribution in [2.45, 2.75) is 32.6 Å². The van der Waals surface area contributed by atoms with E-state index in [1.165, 1.54) is 19.4 Å². The monoisotopic (exact) mass is 298 g/mol. The second kappa shape index (κ2) is 6.36. The maximum atomic E-state index is 4.57. The van der Waals surface area contributed by atoms with E-state index in [4.69, 9.17) is 0 Å². The van der Waals surface area contributed by atoms with Crippen molar-refractivity contribution >= 4 is 11.8 Å². The second-order valence-corrected chi connectivity index (χ2v) is 6.03. The molecule has 3 heterocycles. The zero-order chi connectivity index (χ0) is 15.5. The summed E-state index contributed by atoms with van der Waals surface area (Å²) in [5.41, 5.74) is 2.94. The fourth-order valence-corrected chi connectivity index (χ4v) is 2.92. The molecule has 1 N–H and O–H groups in total. The van der Waals surface area contributed by atoms with Crippen LogP contribution in [0, 0.1) is 13.8 Å². The number of aryl methyl sites for hydroxylation is 2. The van der Waals surface area contributed by atoms with E-state index in [0.717, 1.165) is 23.6 Å². The first kappa shape index (κ1) is 14.8. The van der Waals surface area contributed by atoms with Crippen LogP contribution >= 0.6 is 0 Å². The van der Waals surface area contributed by atoms with Crippen LogP contribution in [0.5, 0.6) is 0 Å². The highest BCUT2D eigenvalue weighted by Crippen LogP contribution is 2.24. The number of likely N-dealkylation sites (tertiary alicyclic amines) is 1. The van der Waals surface area contributed by atoms with Crippen LogP contribution in [0.2, 0.25) is 0 Å². The van der Waals surface area contributed by atoms with Crippen molar-refractivity contribution in [3.8, 4) is 0 Å². The maximum absolute atomic E-state index is 4.57. The minimum absolute atomic E-state index is 0.484. The number of likely N-dealkylation sites (N-methyl/N-ethyl adjacent to an activating group) is 1. The number of aromatic nitrogens is 4. The van der Waals surface area contributed by atoms with Gasteiger partial charge in [-0.3, -0.25) is 4.98 Å². The molecule has 1 saturated heterocycles. The van der Waals surface area contributed by atoms with Crippen LogP contribution in [0.15, 0.2) is 18.5 Å². The maximum Gasteiger partial charge on any atom is 0.228 e. The Morgan fingerprint density at radius 3 is 2.55 bits per heavy atom. The number of hydrogen-bond acceptors (Lipinski definition) is 6. The first-order chi connectivity index (χ1) is 10.6. The Kier molecular flexibility index (Phi) is 4.29. The third kappa shape index (κ3) is 3.57. The Morgan fingerprint density at radius 1 is 1.14 bits per heavy atom. The molecule has 1 fully saturated rings. The molecule has 2 aromatic rings. The zero-order valence-electron chi connectivity index (χ0n) is 13.4. The van der Waals surface area contributed by atoms with Crippen LogP contribution in [0.3, 0.4) is 0 Å². The molecular weight excluding hydrogens is 276 g/mol. The van der Waals surface area contributed by atoms with Crippen molar-refractivity contribution in [2.24, 2.45) is 0 Å². The first-order valence-electron chi connectivity index (χ1n) is 7.70. The summed E-state index contributed by atoms with van der Waals surface area (Å²) in [5, 5.41) is 3.12. The predicted molar refractivity (Wildman–Crippen MR) is 86.3 cm³/mol. The third-order valence-corrected chi connectivity index (χ3v) is 3.94. The summed E-state index contributed by atoms with van der Waals surface area (Å²) in [7, 11) is 2.16. The lowest BCUT2D eigenvalue weighted by molar-refractivity contribution is 0.248. The van der Waals surface area contributed by atoms with Crippen LogP contribution in [0.4, 0.5) is 11.8 Å². The van der Waals surface area contributed by atoms with Crippen LogP contribution in [0.25, 0.3) is 0 Å². The Balaban J connectivity index is 1.71. The lowest BCUT2D eigenvalue weighted by Gasteiger charge is -2.29. The zero-order valence-corrected chi connectivity index (χ0v) is 13.4. The van der Waals surface area contributed by atoms with Gasteiger partial charge in [-0.2, -0.15) is 0 Å². The van der Waals surface area contributed by atoms with E-state index < -0.39 is 0 Å². The lowest BCUT2D eigenvalue weighted by Crippen LogP contribution is -2.31. The number of hydrogen-bond donors (Lipinski definition) is 1. The van der Waals surface area contributed by atoms with E-state index in [0.29, 0.717) is 17.7 Å². The highest BCUT2D eigenvalue weighted by atomic mass is 15.1. The standard InChI is InChI=1S/C16H22N6/c1-11-7-12(2)20-16(19-11)21-15-9-17-14(8-18-15)13-5-4-6-22(3)10-13/h7-9,13H,4-6,10H2,1-3H3,(H,18,19,20,21). The van der Waals surface area contributed by atoms with Crippen LogP contribution in [-0.4, -0.2) is 45.0 Å². The molecule has 1 atom stereocenters. The second-order valence-electron chi connectivity index (χ2n) is 6.03. The van der Waals surface area contributed by atoms with Gasteiger partial charge in [0.25, 0.3) is 0 Å². The molecule has 0 amide bonds. The number of anilines is 2. The number of nitrogens with one attached hydrogen (secondary N) is 1. The van der Waals surface area contributed by atoms with Crippen LogP contribution in [-0.2, 0) is 0 Å². The van der Waals surface area contributed by atoms with Gasteiger partial charge in [-0.1, -0.05) is 0 Å². The van der Waals surface area contributed by atoms with Gasteiger partial charge in [0, 0.05) is 23.9 Å². The molecule has 1 aliphatic rings. The fraction of sp³-hybridized carbons (Fsp3) is 0.500. The van der Waals surface area contributed by atoms with E-state index in [2.05, 4.69) is 37.2 Å². The minimum atomic E-state index is 0.484. The lowest BCUT2D eigenvalue weighted by atomic mass is 9.95. The summed E-state index contributed by atoms with van der Waals surface area (Å²) in [6, 6.07) is 1.94. The molecule has 0 aromatic carbocycles. The molecule has 3 rings (SSSR count). The quantitative estimate of drug-likeness (QED) is 0.939. The van der Waals surface area contributed by atoms with Gasteiger partial charge < -0.3 is 10.2 Å². The Morgan fingerprint density at radius 2 is 1.91 bits per heavy atom. The molecule has 0 radical (unpaired) electrons. The molecule has 1 aliphatic heterocycles. The summed E-state index contributed by atoms with van der Waals surface area (Å²) >= 11 is 0. The van der Waals surface area contributed by atoms with Crippen molar-refractivity contribution in [3.05, 3.63) is 35.5 Å². The van der Waals surface area contributed by atoms with E-state index in [-0.39, 0.29) is 0 Å². The molecule has 116 valence electrons. The molecule has 0 aliphatic carbocycles. The van der Waals surface area contributed by atoms with Gasteiger partial charge in [0.2, 0.25) is 5.95 Å². The average molecular weight is 298 g/mol. The van der Waals surface area contributed by atoms with Crippen molar-refractivity contribution in [2.75, 3.05) is 25.5 Å². The highest BCUT2D eigenvalue weighted by molar-refractivity contribution is 5.46. The van der Waals surface area contributed by atoms with E-state index in [9.17, 15) is 0 Å². The molecule has 0 saturated carbocycles. The summed E-state index contributed by atoms with van der Waals surface area (Å²) in [6.07, 6.45) is 6.05. The van der Waals surface area contributed by atoms with Gasteiger partial charge in [-0.05, 0) is 46.3 Å². The normalized spacial score (nSPS) is 19.1. The largest absolute Gasteiger partial charge is 0.307 e. The van der Waals surface area contributed by atoms with Gasteiger partial charge in [0.05, 0.1) is 18.1 Å². The fourth-order valence-electron chi connectivity index (χ4n) is 2.92. The van der Waals surface area contributed by atoms with E-state index >= 15 is 0 Å². The molecule has 6 nitrogen and oxygen atoms in total. The summed E-state index contributed by atoms with van der Waals surface area (Å²) in [6.45, 7) is 6.14. The van der Waals surface area contributed by atoms with Gasteiger partial charge >= 0.3 is 0 Å². The molecule has 22 heavy (non-hydrogen) atoms. The Hall–Kier alpha value is -2.08. The summed E-state index contributed by atoms with van der Waals surface area (Å²) in [5.74, 6) is 1.73. The van der Waals surface area contributed by atoms with Crippen molar-refractivity contribution in [1.29, 1.82) is 0 Å². The van der Waals surface area contributed by atoms with Gasteiger partial charge in [-0.15, -0.1) is 0 Å². The summed E-state index contributed by atoms with van der Waals surface area (Å²) < 4.78 is 0. The Bertz CT molecular complexity index is 619. The van der Waals surface area contributed by atoms with Crippen molar-refractivity contribution in [1.82, 2.24) is 24.8 Å². The van der Waals surface area contributed by atoms with Gasteiger partial charge in [0.1, 0.15) is 0 Å². The molecule has 0 spiro atoms. The molecule has 2 aromatic heterocycles. The van der Waals surface area contributed by atoms with Gasteiger partial charge in [-0.25, -0.2) is 15.0 Å². The molecular formula is C16H22N6. The van der Waals surface area contributed by atoms with E-state index in [1.54, 1.807) is 6.20 Å². The van der Waals surface area contributed by atoms with Crippen LogP contribution in [0.1, 0.15) is 35.8 Å². The molecule has 1 unspecified atom stereocenters. The molecule has 6 heteroatoms. The van der Waals surface area contributed by atoms with Gasteiger partial charge in [0.15, 0.2) is 5.82 Å². The Labute approximate surface area is 131 Å². The minimum Gasteiger partial charge on any atom is -0.307 e. The number of piperidine rings is 1. The number of rotatable bonds is 3. The third-order valence-electron chi connectivity index (χ3n) is 3.94. The van der Waals surface area contributed by atoms with E-state index in [1.807, 2.05) is 26.1 Å². The molecule has 0 bridgehead atoms. The number of nitrogens with zero attached hydrogens (tertiary/aromatic N) is 5. The SMILES string of the molecule is Cc1cc(C)nc(Nc2cnc(C3CCCN(C)C3)cn2)n1. The average Bonchev–Trinajstić information content (AvgIpc) is 2.47. The predicted octanol–water partition coefficient (Wildman–Crippen LogP) is 2.44. The smallest absolute Gasteiger partial charge is 0.228 e. The first-order valence-corrected chi connectivity index (χ1v) is 7.70. The van der Waals surface area contributed by atoms with Crippen LogP contribution < -0.4 is 5.32 Å². The highest BCUT2D eigenvalue weighted by Gasteiger charge is 2.20. The van der Waals surface area contributed by atoms with Crippen molar-refractivity contribution < 1.29 is 0 Å².